The van der Waals surface area contributed by atoms with Crippen LogP contribution < -0.4 is 0 Å². The topological polar surface area (TPSA) is 66.8 Å². The van der Waals surface area contributed by atoms with Crippen molar-refractivity contribution < 1.29 is 19.4 Å². The van der Waals surface area contributed by atoms with E-state index < -0.39 is 17.9 Å². The van der Waals surface area contributed by atoms with Gasteiger partial charge in [-0.25, -0.2) is 0 Å². The van der Waals surface area contributed by atoms with Crippen molar-refractivity contribution in [2.45, 2.75) is 13.0 Å². The van der Waals surface area contributed by atoms with E-state index in [0.717, 1.165) is 0 Å². The average molecular weight is 298 g/mol. The molecule has 1 aliphatic rings. The van der Waals surface area contributed by atoms with E-state index in [1.165, 1.54) is 0 Å². The summed E-state index contributed by atoms with van der Waals surface area (Å²) in [6.07, 6.45) is 0. The lowest BCUT2D eigenvalue weighted by Crippen LogP contribution is -2.46. The normalized spacial score (nSPS) is 21.7. The fourth-order valence-electron chi connectivity index (χ4n) is 2.37. The molecule has 0 aromatic heterocycles. The highest BCUT2D eigenvalue weighted by molar-refractivity contribution is 6.30. The summed E-state index contributed by atoms with van der Waals surface area (Å²) >= 11 is 5.80. The molecule has 0 radical (unpaired) electrons. The number of hydrogen-bond donors (Lipinski definition) is 1. The molecule has 0 aliphatic carbocycles. The van der Waals surface area contributed by atoms with Gasteiger partial charge in [-0.3, -0.25) is 9.59 Å². The fraction of sp³-hybridized carbons (Fsp3) is 0.429. The first-order valence-electron chi connectivity index (χ1n) is 6.41. The number of carboxylic acids is 1. The Hall–Kier alpha value is -1.59. The first kappa shape index (κ1) is 14.8. The lowest BCUT2D eigenvalue weighted by Gasteiger charge is -2.29. The highest BCUT2D eigenvalue weighted by Crippen LogP contribution is 2.22. The summed E-state index contributed by atoms with van der Waals surface area (Å²) in [5.41, 5.74) is 0.493. The second-order valence-corrected chi connectivity index (χ2v) is 5.08. The molecular weight excluding hydrogens is 282 g/mol. The second kappa shape index (κ2) is 6.24. The molecule has 0 saturated carbocycles. The number of aliphatic carboxylic acids is 1. The summed E-state index contributed by atoms with van der Waals surface area (Å²) < 4.78 is 5.22. The van der Waals surface area contributed by atoms with Gasteiger partial charge >= 0.3 is 5.97 Å². The Morgan fingerprint density at radius 1 is 1.35 bits per heavy atom. The van der Waals surface area contributed by atoms with Crippen molar-refractivity contribution in [2.75, 3.05) is 19.8 Å². The summed E-state index contributed by atoms with van der Waals surface area (Å²) in [4.78, 5) is 25.2. The summed E-state index contributed by atoms with van der Waals surface area (Å²) in [6.45, 7) is 2.65. The summed E-state index contributed by atoms with van der Waals surface area (Å²) in [6, 6.07) is 6.13. The monoisotopic (exact) mass is 297 g/mol. The van der Waals surface area contributed by atoms with Crippen LogP contribution in [0.15, 0.2) is 24.3 Å². The molecule has 2 unspecified atom stereocenters. The molecule has 20 heavy (non-hydrogen) atoms. The van der Waals surface area contributed by atoms with Crippen LogP contribution in [0.25, 0.3) is 0 Å². The second-order valence-electron chi connectivity index (χ2n) is 4.65. The molecule has 1 aromatic carbocycles. The van der Waals surface area contributed by atoms with E-state index in [2.05, 4.69) is 0 Å². The Balaban J connectivity index is 2.21. The van der Waals surface area contributed by atoms with Crippen LogP contribution in [0.2, 0.25) is 5.02 Å². The number of ether oxygens (including phenoxy) is 1. The van der Waals surface area contributed by atoms with Gasteiger partial charge in [0.05, 0.1) is 19.3 Å². The van der Waals surface area contributed by atoms with Crippen LogP contribution in [-0.4, -0.2) is 47.7 Å². The van der Waals surface area contributed by atoms with E-state index in [1.54, 1.807) is 29.2 Å². The third-order valence-electron chi connectivity index (χ3n) is 3.46. The maximum atomic E-state index is 12.5. The predicted molar refractivity (Wildman–Crippen MR) is 73.9 cm³/mol. The number of carboxylic acid groups (broad SMARTS) is 1. The van der Waals surface area contributed by atoms with E-state index in [1.807, 2.05) is 6.92 Å². The number of amides is 1. The Labute approximate surface area is 122 Å². The molecule has 0 spiro atoms. The number of carbonyl (C=O) groups is 2. The average Bonchev–Trinajstić information content (AvgIpc) is 2.89. The van der Waals surface area contributed by atoms with E-state index in [-0.39, 0.29) is 19.1 Å². The number of nitrogens with zero attached hydrogens (tertiary/aromatic N) is 1. The number of rotatable bonds is 4. The van der Waals surface area contributed by atoms with Gasteiger partial charge in [-0.05, 0) is 31.2 Å². The molecule has 1 amide bonds. The lowest BCUT2D eigenvalue weighted by atomic mass is 10.0. The maximum Gasteiger partial charge on any atom is 0.311 e. The van der Waals surface area contributed by atoms with Crippen molar-refractivity contribution in [3.63, 3.8) is 0 Å². The van der Waals surface area contributed by atoms with Gasteiger partial charge in [-0.15, -0.1) is 0 Å². The van der Waals surface area contributed by atoms with Crippen molar-refractivity contribution in [2.24, 2.45) is 5.92 Å². The molecule has 2 rings (SSSR count). The third kappa shape index (κ3) is 2.94. The zero-order valence-corrected chi connectivity index (χ0v) is 11.8. The SMILES string of the molecule is CCN(C(=O)c1ccc(Cl)cc1)C1COCC1C(=O)O. The molecule has 1 saturated heterocycles. The number of likely N-dealkylation sites (N-methyl/N-ethyl adjacent to an activating group) is 1. The third-order valence-corrected chi connectivity index (χ3v) is 3.71. The molecule has 1 N–H and O–H groups in total. The summed E-state index contributed by atoms with van der Waals surface area (Å²) in [5, 5.41) is 9.73. The fourth-order valence-corrected chi connectivity index (χ4v) is 2.50. The van der Waals surface area contributed by atoms with Gasteiger partial charge in [0.2, 0.25) is 0 Å². The lowest BCUT2D eigenvalue weighted by molar-refractivity contribution is -0.142. The van der Waals surface area contributed by atoms with Crippen LogP contribution in [0.1, 0.15) is 17.3 Å². The van der Waals surface area contributed by atoms with E-state index in [4.69, 9.17) is 16.3 Å². The van der Waals surface area contributed by atoms with Crippen LogP contribution in [0.4, 0.5) is 0 Å². The van der Waals surface area contributed by atoms with Crippen LogP contribution in [0.3, 0.4) is 0 Å². The van der Waals surface area contributed by atoms with Crippen LogP contribution in [-0.2, 0) is 9.53 Å². The molecule has 1 fully saturated rings. The molecule has 1 aromatic rings. The molecule has 1 aliphatic heterocycles. The maximum absolute atomic E-state index is 12.5. The highest BCUT2D eigenvalue weighted by Gasteiger charge is 2.39. The first-order valence-corrected chi connectivity index (χ1v) is 6.79. The Bertz CT molecular complexity index is 502. The van der Waals surface area contributed by atoms with Gasteiger partial charge in [0.1, 0.15) is 5.92 Å². The van der Waals surface area contributed by atoms with Crippen molar-refractivity contribution in [1.29, 1.82) is 0 Å². The Morgan fingerprint density at radius 3 is 2.55 bits per heavy atom. The minimum atomic E-state index is -0.935. The number of halogens is 1. The van der Waals surface area contributed by atoms with Gasteiger partial charge < -0.3 is 14.7 Å². The number of hydrogen-bond acceptors (Lipinski definition) is 3. The van der Waals surface area contributed by atoms with Crippen molar-refractivity contribution in [3.05, 3.63) is 34.9 Å². The molecule has 2 atom stereocenters. The van der Waals surface area contributed by atoms with E-state index in [9.17, 15) is 14.7 Å². The van der Waals surface area contributed by atoms with E-state index >= 15 is 0 Å². The predicted octanol–water partition coefficient (Wildman–Crippen LogP) is 1.90. The number of carbonyl (C=O) groups excluding carboxylic acids is 1. The highest BCUT2D eigenvalue weighted by atomic mass is 35.5. The zero-order chi connectivity index (χ0) is 14.7. The van der Waals surface area contributed by atoms with Crippen LogP contribution >= 0.6 is 11.6 Å². The Kier molecular flexibility index (Phi) is 4.62. The van der Waals surface area contributed by atoms with Crippen LogP contribution in [0.5, 0.6) is 0 Å². The van der Waals surface area contributed by atoms with Gasteiger partial charge in [0.15, 0.2) is 0 Å². The van der Waals surface area contributed by atoms with Gasteiger partial charge in [-0.2, -0.15) is 0 Å². The van der Waals surface area contributed by atoms with Crippen molar-refractivity contribution in [1.82, 2.24) is 4.90 Å². The van der Waals surface area contributed by atoms with Crippen molar-refractivity contribution >= 4 is 23.5 Å². The molecule has 108 valence electrons. The minimum Gasteiger partial charge on any atom is -0.481 e. The standard InChI is InChI=1S/C14H16ClNO4/c1-2-16(12-8-20-7-11(12)14(18)19)13(17)9-3-5-10(15)6-4-9/h3-6,11-12H,2,7-8H2,1H3,(H,18,19). The largest absolute Gasteiger partial charge is 0.481 e. The number of benzene rings is 1. The van der Waals surface area contributed by atoms with Gasteiger partial charge in [0, 0.05) is 17.1 Å². The van der Waals surface area contributed by atoms with Gasteiger partial charge in [0.25, 0.3) is 5.91 Å². The summed E-state index contributed by atoms with van der Waals surface area (Å²) in [5.74, 6) is -1.81. The Morgan fingerprint density at radius 2 is 2.00 bits per heavy atom. The zero-order valence-electron chi connectivity index (χ0n) is 11.1. The van der Waals surface area contributed by atoms with Gasteiger partial charge in [-0.1, -0.05) is 11.6 Å². The minimum absolute atomic E-state index is 0.143. The molecule has 5 nitrogen and oxygen atoms in total. The quantitative estimate of drug-likeness (QED) is 0.922. The summed E-state index contributed by atoms with van der Waals surface area (Å²) in [7, 11) is 0. The molecule has 6 heteroatoms. The smallest absolute Gasteiger partial charge is 0.311 e. The molecule has 0 bridgehead atoms. The van der Waals surface area contributed by atoms with Crippen LogP contribution in [0, 0.1) is 5.92 Å². The molecule has 1 heterocycles. The van der Waals surface area contributed by atoms with E-state index in [0.29, 0.717) is 17.1 Å². The molecular formula is C14H16ClNO4. The first-order chi connectivity index (χ1) is 9.54. The van der Waals surface area contributed by atoms with Crippen molar-refractivity contribution in [3.8, 4) is 0 Å².